The van der Waals surface area contributed by atoms with E-state index in [-0.39, 0.29) is 22.9 Å². The number of fused-ring (bicyclic) bond motifs is 1. The van der Waals surface area contributed by atoms with Crippen molar-refractivity contribution in [2.24, 2.45) is 10.3 Å². The largest absolute Gasteiger partial charge is 0.351 e. The van der Waals surface area contributed by atoms with Crippen LogP contribution in [0.15, 0.2) is 33.6 Å². The number of piperidine rings is 1. The molecule has 3 atom stereocenters. The minimum atomic E-state index is -3.67. The zero-order valence-corrected chi connectivity index (χ0v) is 15.6. The maximum absolute atomic E-state index is 12.9. The van der Waals surface area contributed by atoms with Crippen LogP contribution in [0.25, 0.3) is 0 Å². The lowest BCUT2D eigenvalue weighted by atomic mass is 9.95. The van der Waals surface area contributed by atoms with Gasteiger partial charge < -0.3 is 15.5 Å². The molecule has 2 fully saturated rings. The Morgan fingerprint density at radius 2 is 2.12 bits per heavy atom. The van der Waals surface area contributed by atoms with E-state index in [1.54, 1.807) is 24.3 Å². The summed E-state index contributed by atoms with van der Waals surface area (Å²) in [5, 5.41) is 6.52. The summed E-state index contributed by atoms with van der Waals surface area (Å²) in [5.41, 5.74) is 0.599. The molecule has 0 bridgehead atoms. The number of hydrogen-bond donors (Lipinski definition) is 2. The highest BCUT2D eigenvalue weighted by atomic mass is 32.2. The number of benzene rings is 1. The minimum absolute atomic E-state index is 0.0225. The average Bonchev–Trinajstić information content (AvgIpc) is 3.20. The maximum atomic E-state index is 12.9. The molecule has 2 saturated heterocycles. The summed E-state index contributed by atoms with van der Waals surface area (Å²) in [7, 11) is -3.67. The van der Waals surface area contributed by atoms with Crippen LogP contribution in [0, 0.1) is 5.92 Å². The van der Waals surface area contributed by atoms with E-state index in [2.05, 4.69) is 22.0 Å². The smallest absolute Gasteiger partial charge is 0.285 e. The third-order valence-corrected chi connectivity index (χ3v) is 6.88. The van der Waals surface area contributed by atoms with Gasteiger partial charge in [-0.2, -0.15) is 8.42 Å². The molecular weight excluding hydrogens is 352 g/mol. The number of nitrogens with zero attached hydrogens (tertiary/aromatic N) is 2. The molecule has 1 amide bonds. The van der Waals surface area contributed by atoms with Gasteiger partial charge in [0.15, 0.2) is 5.84 Å². The van der Waals surface area contributed by atoms with Gasteiger partial charge in [0.05, 0.1) is 0 Å². The predicted molar refractivity (Wildman–Crippen MR) is 98.5 cm³/mol. The second-order valence-electron chi connectivity index (χ2n) is 7.32. The molecule has 26 heavy (non-hydrogen) atoms. The molecule has 3 unspecified atom stereocenters. The van der Waals surface area contributed by atoms with Gasteiger partial charge in [-0.15, -0.1) is 4.40 Å². The molecule has 8 heteroatoms. The Labute approximate surface area is 153 Å². The van der Waals surface area contributed by atoms with Gasteiger partial charge in [-0.25, -0.2) is 0 Å². The molecule has 0 spiro atoms. The molecule has 3 aliphatic rings. The summed E-state index contributed by atoms with van der Waals surface area (Å²) in [6.45, 7) is 4.58. The zero-order chi connectivity index (χ0) is 18.3. The van der Waals surface area contributed by atoms with Crippen molar-refractivity contribution in [3.05, 3.63) is 29.8 Å². The first kappa shape index (κ1) is 17.5. The Balaban J connectivity index is 1.57. The van der Waals surface area contributed by atoms with Crippen LogP contribution in [-0.4, -0.2) is 56.8 Å². The fourth-order valence-electron chi connectivity index (χ4n) is 4.10. The van der Waals surface area contributed by atoms with Crippen molar-refractivity contribution in [1.82, 2.24) is 15.5 Å². The number of carbonyl (C=O) groups excluding carboxylic acids is 1. The van der Waals surface area contributed by atoms with E-state index < -0.39 is 10.0 Å². The number of amidine groups is 1. The zero-order valence-electron chi connectivity index (χ0n) is 14.8. The van der Waals surface area contributed by atoms with E-state index in [4.69, 9.17) is 0 Å². The number of hydrogen-bond acceptors (Lipinski definition) is 5. The van der Waals surface area contributed by atoms with Crippen molar-refractivity contribution in [1.29, 1.82) is 0 Å². The summed E-state index contributed by atoms with van der Waals surface area (Å²) >= 11 is 0. The Kier molecular flexibility index (Phi) is 4.48. The molecule has 1 aromatic rings. The lowest BCUT2D eigenvalue weighted by Gasteiger charge is -2.33. The third kappa shape index (κ3) is 3.01. The normalized spacial score (nSPS) is 30.0. The van der Waals surface area contributed by atoms with E-state index in [0.29, 0.717) is 30.3 Å². The molecule has 4 rings (SSSR count). The maximum Gasteiger partial charge on any atom is 0.285 e. The monoisotopic (exact) mass is 376 g/mol. The first-order valence-electron chi connectivity index (χ1n) is 9.19. The molecule has 2 N–H and O–H groups in total. The van der Waals surface area contributed by atoms with E-state index in [1.807, 2.05) is 4.90 Å². The predicted octanol–water partition coefficient (Wildman–Crippen LogP) is 0.714. The van der Waals surface area contributed by atoms with Crippen molar-refractivity contribution in [2.45, 2.75) is 43.2 Å². The number of amides is 1. The van der Waals surface area contributed by atoms with Crippen molar-refractivity contribution in [2.75, 3.05) is 19.6 Å². The van der Waals surface area contributed by atoms with Gasteiger partial charge in [0.25, 0.3) is 10.0 Å². The number of nitrogens with one attached hydrogen (secondary N) is 2. The van der Waals surface area contributed by atoms with E-state index in [0.717, 1.165) is 25.9 Å². The average molecular weight is 376 g/mol. The fourth-order valence-corrected chi connectivity index (χ4v) is 5.31. The van der Waals surface area contributed by atoms with Crippen LogP contribution in [0.3, 0.4) is 0 Å². The number of carbonyl (C=O) groups is 1. The van der Waals surface area contributed by atoms with Crippen molar-refractivity contribution >= 4 is 21.8 Å². The Bertz CT molecular complexity index is 852. The van der Waals surface area contributed by atoms with Gasteiger partial charge >= 0.3 is 0 Å². The molecule has 0 saturated carbocycles. The molecule has 3 aliphatic heterocycles. The van der Waals surface area contributed by atoms with Gasteiger partial charge in [-0.05, 0) is 50.4 Å². The third-order valence-electron chi connectivity index (χ3n) is 5.55. The van der Waals surface area contributed by atoms with Gasteiger partial charge in [0.1, 0.15) is 10.9 Å². The summed E-state index contributed by atoms with van der Waals surface area (Å²) in [4.78, 5) is 15.0. The second-order valence-corrected chi connectivity index (χ2v) is 8.90. The number of rotatable bonds is 2. The Morgan fingerprint density at radius 3 is 2.92 bits per heavy atom. The van der Waals surface area contributed by atoms with Crippen LogP contribution in [0.4, 0.5) is 0 Å². The lowest BCUT2D eigenvalue weighted by Crippen LogP contribution is -2.53. The van der Waals surface area contributed by atoms with Crippen LogP contribution in [0.5, 0.6) is 0 Å². The van der Waals surface area contributed by atoms with E-state index >= 15 is 0 Å². The molecule has 1 aromatic carbocycles. The van der Waals surface area contributed by atoms with Crippen molar-refractivity contribution in [3.63, 3.8) is 0 Å². The Morgan fingerprint density at radius 1 is 1.31 bits per heavy atom. The summed E-state index contributed by atoms with van der Waals surface area (Å²) in [6.07, 6.45) is 2.48. The van der Waals surface area contributed by atoms with E-state index in [9.17, 15) is 13.2 Å². The summed E-state index contributed by atoms with van der Waals surface area (Å²) in [6, 6.07) is 6.63. The van der Waals surface area contributed by atoms with Crippen LogP contribution in [-0.2, 0) is 14.8 Å². The summed E-state index contributed by atoms with van der Waals surface area (Å²) in [5.74, 6) is 0.773. The molecule has 0 aliphatic carbocycles. The van der Waals surface area contributed by atoms with Gasteiger partial charge in [-0.1, -0.05) is 19.1 Å². The Hall–Kier alpha value is -1.93. The van der Waals surface area contributed by atoms with Crippen LogP contribution >= 0.6 is 0 Å². The quantitative estimate of drug-likeness (QED) is 0.793. The molecular formula is C18H24N4O3S. The van der Waals surface area contributed by atoms with Crippen molar-refractivity contribution in [3.8, 4) is 0 Å². The topological polar surface area (TPSA) is 90.9 Å². The van der Waals surface area contributed by atoms with Gasteiger partial charge in [0.2, 0.25) is 5.91 Å². The minimum Gasteiger partial charge on any atom is -0.351 e. The van der Waals surface area contributed by atoms with Gasteiger partial charge in [-0.3, -0.25) is 4.79 Å². The molecule has 3 heterocycles. The second kappa shape index (κ2) is 6.66. The van der Waals surface area contributed by atoms with Crippen LogP contribution in [0.2, 0.25) is 0 Å². The fraction of sp³-hybridized carbons (Fsp3) is 0.556. The molecule has 0 aromatic heterocycles. The number of likely N-dealkylation sites (tertiary alicyclic amines) is 1. The SMILES string of the molecule is CC1CNCCC1NC(=O)C1CCCN1C1=NS(=O)(=O)c2ccccc21. The summed E-state index contributed by atoms with van der Waals surface area (Å²) < 4.78 is 28.7. The number of sulfonamides is 1. The highest BCUT2D eigenvalue weighted by Crippen LogP contribution is 2.31. The lowest BCUT2D eigenvalue weighted by molar-refractivity contribution is -0.125. The molecule has 7 nitrogen and oxygen atoms in total. The standard InChI is InChI=1S/C18H24N4O3S/c1-12-11-19-9-8-14(12)20-18(23)15-6-4-10-22(15)17-13-5-2-3-7-16(13)26(24,25)21-17/h2-3,5,7,12,14-15,19H,4,6,8-11H2,1H3,(H,20,23). The van der Waals surface area contributed by atoms with Crippen molar-refractivity contribution < 1.29 is 13.2 Å². The highest BCUT2D eigenvalue weighted by molar-refractivity contribution is 7.90. The molecule has 0 radical (unpaired) electrons. The first-order valence-corrected chi connectivity index (χ1v) is 10.6. The molecule has 140 valence electrons. The highest BCUT2D eigenvalue weighted by Gasteiger charge is 2.39. The van der Waals surface area contributed by atoms with Crippen LogP contribution in [0.1, 0.15) is 31.7 Å². The van der Waals surface area contributed by atoms with E-state index in [1.165, 1.54) is 0 Å². The first-order chi connectivity index (χ1) is 12.5. The van der Waals surface area contributed by atoms with Crippen LogP contribution < -0.4 is 10.6 Å². The van der Waals surface area contributed by atoms with Gasteiger partial charge in [0, 0.05) is 18.2 Å².